The Morgan fingerprint density at radius 3 is 2.20 bits per heavy atom. The molecule has 0 spiro atoms. The zero-order valence-corrected chi connectivity index (χ0v) is 38.5. The van der Waals surface area contributed by atoms with Gasteiger partial charge in [-0.2, -0.15) is 0 Å². The van der Waals surface area contributed by atoms with E-state index in [0.717, 1.165) is 58.6 Å². The van der Waals surface area contributed by atoms with Crippen molar-refractivity contribution in [1.82, 2.24) is 19.4 Å². The van der Waals surface area contributed by atoms with Crippen LogP contribution in [0.4, 0.5) is 11.4 Å². The van der Waals surface area contributed by atoms with Crippen LogP contribution in [0, 0.1) is 5.92 Å². The number of nitrogens with one attached hydrogen (secondary N) is 1. The second kappa shape index (κ2) is 18.2. The molecular weight excluding hydrogens is 856 g/mol. The van der Waals surface area contributed by atoms with Crippen molar-refractivity contribution in [2.24, 2.45) is 13.0 Å². The van der Waals surface area contributed by atoms with Crippen LogP contribution in [0.1, 0.15) is 78.7 Å². The quantitative estimate of drug-likeness (QED) is 0.129. The van der Waals surface area contributed by atoms with Crippen LogP contribution in [0.25, 0.3) is 22.2 Å². The molecule has 0 saturated carbocycles. The van der Waals surface area contributed by atoms with Gasteiger partial charge in [-0.3, -0.25) is 33.6 Å². The average molecular weight is 909 g/mol. The molecule has 0 radical (unpaired) electrons. The van der Waals surface area contributed by atoms with Crippen molar-refractivity contribution in [3.05, 3.63) is 141 Å². The predicted molar refractivity (Wildman–Crippen MR) is 256 cm³/mol. The number of aryl methyl sites for hydroxylation is 1. The van der Waals surface area contributed by atoms with Gasteiger partial charge in [0, 0.05) is 62.1 Å². The number of hydrogen-bond acceptors (Lipinski definition) is 8. The van der Waals surface area contributed by atoms with Crippen LogP contribution in [-0.2, 0) is 27.9 Å². The van der Waals surface area contributed by atoms with E-state index < -0.39 is 18.0 Å². The number of halogens is 1. The third-order valence-electron chi connectivity index (χ3n) is 13.2. The van der Waals surface area contributed by atoms with Crippen LogP contribution in [-0.4, -0.2) is 77.6 Å². The Bertz CT molecular complexity index is 2900. The Morgan fingerprint density at radius 1 is 0.833 bits per heavy atom. The van der Waals surface area contributed by atoms with E-state index in [1.807, 2.05) is 115 Å². The standard InChI is InChI=1S/C52H53ClN6O7/c1-31(2)66-46-29-41-37(27-45(46)65-5)28-48(61)58(49(41)34-10-13-38(53)14-11-34)40-17-15-39(16-18-40)55(3)30-32-22-24-57(25-23-32)51(63)35-8-6-33(7-9-35)36-12-19-42-44(26-36)56(4)52(64)59(42)43-20-21-47(60)54-50(43)62/h6-19,26-27,29,31-32,43,49H,20-25,28,30H2,1-5H3,(H,54,60,62)/t43?,49-/m0/s1. The first-order valence-corrected chi connectivity index (χ1v) is 22.9. The van der Waals surface area contributed by atoms with E-state index in [9.17, 15) is 24.0 Å². The largest absolute Gasteiger partial charge is 0.493 e. The van der Waals surface area contributed by atoms with Crippen LogP contribution < -0.4 is 30.3 Å². The summed E-state index contributed by atoms with van der Waals surface area (Å²) in [6.07, 6.45) is 2.36. The molecule has 1 N–H and O–H groups in total. The molecule has 14 heteroatoms. The highest BCUT2D eigenvalue weighted by Gasteiger charge is 2.37. The molecule has 9 rings (SSSR count). The fraction of sp³-hybridized carbons (Fsp3) is 0.327. The van der Waals surface area contributed by atoms with Gasteiger partial charge in [0.25, 0.3) is 5.91 Å². The molecule has 2 fully saturated rings. The first kappa shape index (κ1) is 44.3. The number of aromatic nitrogens is 2. The summed E-state index contributed by atoms with van der Waals surface area (Å²) in [5.74, 6) is 0.800. The first-order chi connectivity index (χ1) is 31.8. The monoisotopic (exact) mass is 908 g/mol. The van der Waals surface area contributed by atoms with Crippen molar-refractivity contribution in [2.45, 2.75) is 64.1 Å². The van der Waals surface area contributed by atoms with E-state index in [-0.39, 0.29) is 48.8 Å². The maximum absolute atomic E-state index is 14.1. The van der Waals surface area contributed by atoms with Gasteiger partial charge in [-0.1, -0.05) is 41.9 Å². The summed E-state index contributed by atoms with van der Waals surface area (Å²) >= 11 is 6.32. The van der Waals surface area contributed by atoms with Gasteiger partial charge in [0.05, 0.1) is 36.7 Å². The Labute approximate surface area is 388 Å². The molecule has 4 amide bonds. The molecule has 0 bridgehead atoms. The Kier molecular flexibility index (Phi) is 12.2. The van der Waals surface area contributed by atoms with Crippen molar-refractivity contribution >= 4 is 57.6 Å². The minimum atomic E-state index is -0.750. The van der Waals surface area contributed by atoms with Gasteiger partial charge in [-0.25, -0.2) is 4.79 Å². The third-order valence-corrected chi connectivity index (χ3v) is 13.5. The molecule has 2 atom stereocenters. The van der Waals surface area contributed by atoms with Crippen LogP contribution in [0.15, 0.2) is 108 Å². The molecule has 2 saturated heterocycles. The number of imide groups is 1. The van der Waals surface area contributed by atoms with E-state index in [0.29, 0.717) is 52.1 Å². The van der Waals surface area contributed by atoms with Crippen molar-refractivity contribution in [1.29, 1.82) is 0 Å². The molecule has 340 valence electrons. The van der Waals surface area contributed by atoms with E-state index in [1.54, 1.807) is 14.2 Å². The number of likely N-dealkylation sites (tertiary alicyclic amines) is 1. The smallest absolute Gasteiger partial charge is 0.329 e. The van der Waals surface area contributed by atoms with E-state index in [1.165, 1.54) is 9.13 Å². The Hall–Kier alpha value is -6.86. The predicted octanol–water partition coefficient (Wildman–Crippen LogP) is 8.10. The highest BCUT2D eigenvalue weighted by atomic mass is 35.5. The fourth-order valence-electron chi connectivity index (χ4n) is 9.77. The third kappa shape index (κ3) is 8.55. The van der Waals surface area contributed by atoms with Crippen molar-refractivity contribution < 1.29 is 28.7 Å². The summed E-state index contributed by atoms with van der Waals surface area (Å²) in [5, 5.41) is 2.97. The second-order valence-electron chi connectivity index (χ2n) is 17.9. The van der Waals surface area contributed by atoms with Crippen molar-refractivity contribution in [3.8, 4) is 22.6 Å². The number of carbonyl (C=O) groups excluding carboxylic acids is 4. The molecule has 6 aromatic rings. The molecule has 1 unspecified atom stereocenters. The number of rotatable bonds is 11. The molecule has 13 nitrogen and oxygen atoms in total. The first-order valence-electron chi connectivity index (χ1n) is 22.5. The highest BCUT2D eigenvalue weighted by Crippen LogP contribution is 2.44. The lowest BCUT2D eigenvalue weighted by Gasteiger charge is -2.38. The van der Waals surface area contributed by atoms with Gasteiger partial charge in [-0.05, 0) is 140 Å². The lowest BCUT2D eigenvalue weighted by atomic mass is 9.86. The molecule has 3 aliphatic heterocycles. The number of hydrogen-bond donors (Lipinski definition) is 1. The number of benzene rings is 5. The van der Waals surface area contributed by atoms with Crippen LogP contribution in [0.2, 0.25) is 5.02 Å². The maximum Gasteiger partial charge on any atom is 0.329 e. The lowest BCUT2D eigenvalue weighted by molar-refractivity contribution is -0.135. The number of amides is 4. The van der Waals surface area contributed by atoms with Gasteiger partial charge in [-0.15, -0.1) is 0 Å². The molecule has 4 heterocycles. The summed E-state index contributed by atoms with van der Waals surface area (Å²) in [6, 6.07) is 31.8. The fourth-order valence-corrected chi connectivity index (χ4v) is 9.89. The number of methoxy groups -OCH3 is 1. The topological polar surface area (TPSA) is 135 Å². The van der Waals surface area contributed by atoms with E-state index in [4.69, 9.17) is 21.1 Å². The summed E-state index contributed by atoms with van der Waals surface area (Å²) in [5.41, 5.74) is 7.99. The molecule has 1 aromatic heterocycles. The SMILES string of the molecule is COc1cc2c(cc1OC(C)C)[C@H](c1ccc(Cl)cc1)N(c1ccc(N(C)CC3CCN(C(=O)c4ccc(-c5ccc6c(c5)n(C)c(=O)n6C5CCC(=O)NC5=O)cc4)CC3)cc1)C(=O)C2. The highest BCUT2D eigenvalue weighted by molar-refractivity contribution is 6.30. The number of piperidine rings is 2. The lowest BCUT2D eigenvalue weighted by Crippen LogP contribution is -2.44. The molecular formula is C52H53ClN6O7. The average Bonchev–Trinajstić information content (AvgIpc) is 3.56. The molecule has 3 aliphatic rings. The molecule has 0 aliphatic carbocycles. The van der Waals surface area contributed by atoms with E-state index in [2.05, 4.69) is 29.4 Å². The zero-order chi connectivity index (χ0) is 46.4. The second-order valence-corrected chi connectivity index (χ2v) is 18.3. The minimum Gasteiger partial charge on any atom is -0.493 e. The summed E-state index contributed by atoms with van der Waals surface area (Å²) in [4.78, 5) is 71.4. The van der Waals surface area contributed by atoms with Gasteiger partial charge in [0.2, 0.25) is 17.7 Å². The van der Waals surface area contributed by atoms with Gasteiger partial charge < -0.3 is 24.2 Å². The van der Waals surface area contributed by atoms with Gasteiger partial charge >= 0.3 is 5.69 Å². The van der Waals surface area contributed by atoms with Crippen LogP contribution >= 0.6 is 11.6 Å². The van der Waals surface area contributed by atoms with Crippen molar-refractivity contribution in [3.63, 3.8) is 0 Å². The molecule has 5 aromatic carbocycles. The number of imidazole rings is 1. The number of fused-ring (bicyclic) bond motifs is 2. The Balaban J connectivity index is 0.840. The number of nitrogens with zero attached hydrogens (tertiary/aromatic N) is 5. The van der Waals surface area contributed by atoms with Gasteiger partial charge in [0.1, 0.15) is 6.04 Å². The summed E-state index contributed by atoms with van der Waals surface area (Å²) in [6.45, 7) is 6.10. The van der Waals surface area contributed by atoms with Gasteiger partial charge in [0.15, 0.2) is 11.5 Å². The Morgan fingerprint density at radius 2 is 1.53 bits per heavy atom. The summed E-state index contributed by atoms with van der Waals surface area (Å²) in [7, 11) is 5.37. The zero-order valence-electron chi connectivity index (χ0n) is 37.8. The summed E-state index contributed by atoms with van der Waals surface area (Å²) < 4.78 is 14.8. The number of ether oxygens (including phenoxy) is 2. The minimum absolute atomic E-state index is 0.00212. The number of carbonyl (C=O) groups is 4. The maximum atomic E-state index is 14.1. The van der Waals surface area contributed by atoms with Crippen LogP contribution in [0.5, 0.6) is 11.5 Å². The van der Waals surface area contributed by atoms with Crippen LogP contribution in [0.3, 0.4) is 0 Å². The number of anilines is 2. The molecule has 66 heavy (non-hydrogen) atoms. The van der Waals surface area contributed by atoms with E-state index >= 15 is 0 Å². The van der Waals surface area contributed by atoms with Crippen molar-refractivity contribution in [2.75, 3.05) is 43.6 Å². The normalized spacial score (nSPS) is 17.8.